The number of methoxy groups -OCH3 is 2. The fraction of sp³-hybridized carbons (Fsp3) is 0.508. The highest BCUT2D eigenvalue weighted by molar-refractivity contribution is 6.24. The Morgan fingerprint density at radius 3 is 2.17 bits per heavy atom. The summed E-state index contributed by atoms with van der Waals surface area (Å²) in [5.74, 6) is -10.9. The molecule has 452 valence electrons. The van der Waals surface area contributed by atoms with Gasteiger partial charge in [0.25, 0.3) is 11.7 Å². The average molecular weight is 1170 g/mol. The number of fused-ring (bicyclic) bond motifs is 15. The van der Waals surface area contributed by atoms with E-state index in [4.69, 9.17) is 28.8 Å². The highest BCUT2D eigenvalue weighted by Gasteiger charge is 2.50. The number of carbonyl (C=O) groups is 4. The Labute approximate surface area is 485 Å². The van der Waals surface area contributed by atoms with Crippen molar-refractivity contribution in [2.45, 2.75) is 123 Å². The Morgan fingerprint density at radius 1 is 0.869 bits per heavy atom. The van der Waals surface area contributed by atoms with Crippen LogP contribution in [0.15, 0.2) is 58.3 Å². The highest BCUT2D eigenvalue weighted by atomic mass is 19.1. The molecule has 3 fully saturated rings. The second-order valence-corrected chi connectivity index (χ2v) is 23.0. The Morgan fingerprint density at radius 2 is 1.55 bits per heavy atom. The molecule has 9 atom stereocenters. The van der Waals surface area contributed by atoms with Gasteiger partial charge < -0.3 is 69.1 Å². The number of amides is 1. The third-order valence-electron chi connectivity index (χ3n) is 17.5. The number of hydrazone groups is 1. The molecule has 10 rings (SSSR count). The zero-order valence-electron chi connectivity index (χ0n) is 48.8. The summed E-state index contributed by atoms with van der Waals surface area (Å²) in [7, 11) is 2.83. The van der Waals surface area contributed by atoms with Gasteiger partial charge in [-0.2, -0.15) is 5.10 Å². The van der Waals surface area contributed by atoms with Crippen molar-refractivity contribution in [2.75, 3.05) is 63.7 Å². The van der Waals surface area contributed by atoms with Crippen LogP contribution in [0.1, 0.15) is 112 Å². The van der Waals surface area contributed by atoms with Gasteiger partial charge in [0.1, 0.15) is 34.6 Å². The fourth-order valence-electron chi connectivity index (χ4n) is 12.4. The number of benzene rings is 3. The number of esters is 1. The molecule has 23 heteroatoms. The van der Waals surface area contributed by atoms with E-state index in [9.17, 15) is 54.6 Å². The number of aromatic nitrogens is 1. The van der Waals surface area contributed by atoms with Crippen LogP contribution in [-0.4, -0.2) is 165 Å². The Hall–Kier alpha value is -7.73. The Bertz CT molecular complexity index is 3470. The van der Waals surface area contributed by atoms with Gasteiger partial charge in [-0.3, -0.25) is 29.1 Å². The van der Waals surface area contributed by atoms with Gasteiger partial charge in [-0.15, -0.1) is 0 Å². The number of carboxylic acid groups (broad SMARTS) is 1. The minimum atomic E-state index is -2.12. The first-order valence-electron chi connectivity index (χ1n) is 28.4. The molecule has 7 N–H and O–H groups in total. The number of phenols is 3. The van der Waals surface area contributed by atoms with E-state index in [0.29, 0.717) is 57.6 Å². The van der Waals surface area contributed by atoms with Crippen molar-refractivity contribution in [3.8, 4) is 28.7 Å². The standard InChI is InChI=1S/C61H75FN6O16/c1-29-12-11-13-30(2)59(77)64-46-39(27-63-67-23-21-65(22-24-67)36-16-19-66(20-17-36)48-41(62)26-38-47(57(48)81-10)68(37-14-15-37)28-40(52(38)73)60(78)79)53(74)43-44(54(46)75)51(72)34(6)56-45(43)58(76)61(8,84-56)82-25-18-42(80-9)31(3)55(83-35(7)69)33(5)50(71)32(4)49(29)70/h11-13,18,25-29,31-33,36-37,42,49-50,55,70-72,74-75H,14-17,19-24H2,1-10H3,(H,64,77)(H,78,79)/b12-11+,25-18+,30-13-,63-27-/t29-,31+,32+,33+,42-,49-,50+,55+,61-/m0/s1. The minimum Gasteiger partial charge on any atom is -0.507 e. The first kappa shape index (κ1) is 60.8. The molecule has 22 nitrogen and oxygen atoms in total. The number of allylic oxidation sites excluding steroid dienone is 2. The van der Waals surface area contributed by atoms with Crippen LogP contribution in [0.5, 0.6) is 28.7 Å². The number of carboxylic acids is 1. The van der Waals surface area contributed by atoms with E-state index in [1.54, 1.807) is 49.4 Å². The number of Topliss-reactive ketones (excluding diaryl/α,β-unsaturated/α-hetero) is 1. The minimum absolute atomic E-state index is 0.00944. The number of phenolic OH excluding ortho intramolecular Hbond substituents is 3. The van der Waals surface area contributed by atoms with Gasteiger partial charge in [-0.05, 0) is 51.7 Å². The van der Waals surface area contributed by atoms with Crippen molar-refractivity contribution in [1.82, 2.24) is 14.5 Å². The molecule has 0 unspecified atom stereocenters. The van der Waals surface area contributed by atoms with Gasteiger partial charge in [-0.25, -0.2) is 9.18 Å². The molecule has 6 aliphatic rings. The number of aromatic hydroxyl groups is 3. The third-order valence-corrected chi connectivity index (χ3v) is 17.5. The SMILES string of the molecule is COc1c(N2CCC(N3CCN(/N=C\c4c5c(O)c6c(O)c(C)c7c(c6c4O)C(=O)[C@@](C)(O/C=C/[C@H](OC)[C@@H](C)[C@@H](OC(C)=O)[C@H](C)[C@H](O)[C@H](C)[C@@H](O)[C@@H](C)/C=C/C=C(/C)C(=O)N5)O7)CC3)CC2)c(F)cc2c(=O)c(C(=O)O)cn(C3CC3)c12. The predicted molar refractivity (Wildman–Crippen MR) is 310 cm³/mol. The van der Waals surface area contributed by atoms with Crippen LogP contribution in [0.3, 0.4) is 0 Å². The van der Waals surface area contributed by atoms with Crippen LogP contribution in [-0.2, 0) is 23.8 Å². The van der Waals surface area contributed by atoms with Crippen molar-refractivity contribution in [3.63, 3.8) is 0 Å². The molecule has 1 amide bonds. The average Bonchev–Trinajstić information content (AvgIpc) is 1.55. The van der Waals surface area contributed by atoms with Crippen molar-refractivity contribution < 1.29 is 77.9 Å². The van der Waals surface area contributed by atoms with Gasteiger partial charge in [0, 0.05) is 119 Å². The summed E-state index contributed by atoms with van der Waals surface area (Å²) in [6.45, 7) is 15.2. The second kappa shape index (κ2) is 24.1. The van der Waals surface area contributed by atoms with E-state index >= 15 is 4.39 Å². The number of aliphatic hydroxyl groups is 2. The molecule has 4 aromatic rings. The number of aliphatic hydroxyl groups excluding tert-OH is 2. The van der Waals surface area contributed by atoms with Gasteiger partial charge in [0.2, 0.25) is 5.43 Å². The fourth-order valence-corrected chi connectivity index (χ4v) is 12.4. The maximum Gasteiger partial charge on any atom is 0.341 e. The zero-order valence-corrected chi connectivity index (χ0v) is 48.8. The number of piperazine rings is 1. The molecule has 3 aromatic carbocycles. The number of ether oxygens (including phenoxy) is 5. The van der Waals surface area contributed by atoms with Crippen LogP contribution in [0.2, 0.25) is 0 Å². The number of halogens is 1. The topological polar surface area (TPSA) is 292 Å². The van der Waals surface area contributed by atoms with Crippen LogP contribution in [0.4, 0.5) is 15.8 Å². The maximum atomic E-state index is 16.2. The second-order valence-electron chi connectivity index (χ2n) is 23.0. The molecular weight excluding hydrogens is 1090 g/mol. The van der Waals surface area contributed by atoms with Gasteiger partial charge in [0.05, 0.1) is 71.0 Å². The molecular formula is C61H75FN6O16. The van der Waals surface area contributed by atoms with Gasteiger partial charge >= 0.3 is 17.7 Å². The van der Waals surface area contributed by atoms with E-state index in [2.05, 4.69) is 10.2 Å². The molecule has 1 aromatic heterocycles. The van der Waals surface area contributed by atoms with E-state index in [1.165, 1.54) is 72.7 Å². The number of carbonyl (C=O) groups excluding carboxylic acids is 3. The lowest BCUT2D eigenvalue weighted by Crippen LogP contribution is -2.52. The van der Waals surface area contributed by atoms with E-state index in [1.807, 2.05) is 4.90 Å². The Balaban J connectivity index is 1.01. The summed E-state index contributed by atoms with van der Waals surface area (Å²) in [6.07, 6.45) is 8.75. The van der Waals surface area contributed by atoms with Crippen LogP contribution in [0.25, 0.3) is 21.7 Å². The monoisotopic (exact) mass is 1170 g/mol. The predicted octanol–water partition coefficient (Wildman–Crippen LogP) is 6.87. The number of piperidine rings is 1. The number of nitrogens with zero attached hydrogens (tertiary/aromatic N) is 5. The number of rotatable bonds is 9. The first-order valence-corrected chi connectivity index (χ1v) is 28.4. The van der Waals surface area contributed by atoms with Crippen LogP contribution < -0.4 is 25.1 Å². The van der Waals surface area contributed by atoms with E-state index in [0.717, 1.165) is 18.9 Å². The number of nitrogens with one attached hydrogen (secondary N) is 1. The third kappa shape index (κ3) is 11.2. The lowest BCUT2D eigenvalue weighted by molar-refractivity contribution is -0.160. The van der Waals surface area contributed by atoms with Crippen molar-refractivity contribution in [2.24, 2.45) is 28.8 Å². The van der Waals surface area contributed by atoms with Crippen LogP contribution in [0, 0.1) is 36.4 Å². The molecule has 6 heterocycles. The summed E-state index contributed by atoms with van der Waals surface area (Å²) < 4.78 is 47.6. The number of aromatic carboxylic acids is 1. The van der Waals surface area contributed by atoms with Gasteiger partial charge in [-0.1, -0.05) is 45.9 Å². The van der Waals surface area contributed by atoms with Crippen LogP contribution >= 0.6 is 0 Å². The van der Waals surface area contributed by atoms with Crippen molar-refractivity contribution in [3.05, 3.63) is 86.7 Å². The largest absolute Gasteiger partial charge is 0.507 e. The molecule has 5 aliphatic heterocycles. The molecule has 84 heavy (non-hydrogen) atoms. The zero-order chi connectivity index (χ0) is 61.0. The summed E-state index contributed by atoms with van der Waals surface area (Å²) in [5, 5.41) is 77.9. The number of pyridine rings is 1. The number of hydrogen-bond donors (Lipinski definition) is 7. The summed E-state index contributed by atoms with van der Waals surface area (Å²) in [5.41, 5.74) is -1.28. The molecule has 5 bridgehead atoms. The smallest absolute Gasteiger partial charge is 0.341 e. The van der Waals surface area contributed by atoms with Crippen molar-refractivity contribution in [1.29, 1.82) is 0 Å². The lowest BCUT2D eigenvalue weighted by atomic mass is 9.78. The first-order chi connectivity index (χ1) is 39.8. The summed E-state index contributed by atoms with van der Waals surface area (Å²) >= 11 is 0. The summed E-state index contributed by atoms with van der Waals surface area (Å²) in [4.78, 5) is 70.9. The molecule has 0 spiro atoms. The molecule has 1 aliphatic carbocycles. The normalized spacial score (nSPS) is 28.3. The highest BCUT2D eigenvalue weighted by Crippen LogP contribution is 2.55. The lowest BCUT2D eigenvalue weighted by Gasteiger charge is -2.43. The number of hydrogen-bond acceptors (Lipinski definition) is 19. The van der Waals surface area contributed by atoms with E-state index in [-0.39, 0.29) is 73.4 Å². The van der Waals surface area contributed by atoms with Crippen molar-refractivity contribution >= 4 is 62.9 Å². The maximum absolute atomic E-state index is 16.2. The quantitative estimate of drug-likeness (QED) is 0.0389. The molecule has 0 radical (unpaired) electrons. The molecule has 1 saturated carbocycles. The van der Waals surface area contributed by atoms with E-state index < -0.39 is 112 Å². The molecule has 2 saturated heterocycles. The van der Waals surface area contributed by atoms with Gasteiger partial charge in [0.15, 0.2) is 17.3 Å². The summed E-state index contributed by atoms with van der Waals surface area (Å²) in [6, 6.07) is 1.18. The number of ketones is 1. The Kier molecular flexibility index (Phi) is 17.5. The number of anilines is 2.